The van der Waals surface area contributed by atoms with Gasteiger partial charge in [-0.3, -0.25) is 0 Å². The lowest BCUT2D eigenvalue weighted by Gasteiger charge is -2.03. The molecular weight excluding hydrogens is 188 g/mol. The van der Waals surface area contributed by atoms with Crippen molar-refractivity contribution < 1.29 is 4.68 Å². The standard InChI is InChI=1S/C11H19N4/c1-10(2)13-7-11-8-14(3)15(9-11)6-4-5-12/h8-10,13H,4,6-7H2,1-3H3/q+1. The maximum absolute atomic E-state index is 8.52. The Morgan fingerprint density at radius 2 is 2.33 bits per heavy atom. The van der Waals surface area contributed by atoms with E-state index in [1.54, 1.807) is 0 Å². The number of rotatable bonds is 5. The number of nitrogens with one attached hydrogen (secondary N) is 1. The summed E-state index contributed by atoms with van der Waals surface area (Å²) in [6.07, 6.45) is 4.74. The third-order valence-electron chi connectivity index (χ3n) is 2.24. The Bertz CT molecular complexity index is 346. The number of aromatic nitrogens is 2. The molecule has 1 aromatic heterocycles. The Hall–Kier alpha value is -1.34. The highest BCUT2D eigenvalue weighted by Gasteiger charge is 2.08. The van der Waals surface area contributed by atoms with Gasteiger partial charge in [-0.15, -0.1) is 4.68 Å². The van der Waals surface area contributed by atoms with Gasteiger partial charge >= 0.3 is 0 Å². The average Bonchev–Trinajstić information content (AvgIpc) is 2.53. The summed E-state index contributed by atoms with van der Waals surface area (Å²) in [6, 6.07) is 2.65. The van der Waals surface area contributed by atoms with Crippen molar-refractivity contribution in [1.29, 1.82) is 5.26 Å². The molecule has 0 radical (unpaired) electrons. The van der Waals surface area contributed by atoms with Crippen molar-refractivity contribution in [2.45, 2.75) is 39.4 Å². The maximum atomic E-state index is 8.52. The van der Waals surface area contributed by atoms with Gasteiger partial charge in [0.25, 0.3) is 0 Å². The maximum Gasteiger partial charge on any atom is 0.199 e. The van der Waals surface area contributed by atoms with Gasteiger partial charge in [-0.05, 0) is 0 Å². The first-order valence-corrected chi connectivity index (χ1v) is 5.28. The quantitative estimate of drug-likeness (QED) is 0.723. The summed E-state index contributed by atoms with van der Waals surface area (Å²) >= 11 is 0. The Balaban J connectivity index is 2.57. The topological polar surface area (TPSA) is 44.6 Å². The van der Waals surface area contributed by atoms with Gasteiger partial charge in [0.05, 0.1) is 30.8 Å². The lowest BCUT2D eigenvalue weighted by Crippen LogP contribution is -2.37. The molecule has 0 aliphatic rings. The highest BCUT2D eigenvalue weighted by atomic mass is 15.4. The molecule has 4 nitrogen and oxygen atoms in total. The summed E-state index contributed by atoms with van der Waals surface area (Å²) in [7, 11) is 2.00. The molecule has 15 heavy (non-hydrogen) atoms. The second-order valence-corrected chi connectivity index (χ2v) is 4.01. The number of hydrogen-bond donors (Lipinski definition) is 1. The average molecular weight is 207 g/mol. The second-order valence-electron chi connectivity index (χ2n) is 4.01. The summed E-state index contributed by atoms with van der Waals surface area (Å²) < 4.78 is 4.08. The number of nitriles is 1. The van der Waals surface area contributed by atoms with Crippen LogP contribution in [0.2, 0.25) is 0 Å². The van der Waals surface area contributed by atoms with Crippen LogP contribution in [0.15, 0.2) is 12.4 Å². The van der Waals surface area contributed by atoms with E-state index in [4.69, 9.17) is 5.26 Å². The van der Waals surface area contributed by atoms with Gasteiger partial charge in [0.15, 0.2) is 13.2 Å². The van der Waals surface area contributed by atoms with E-state index < -0.39 is 0 Å². The van der Waals surface area contributed by atoms with Crippen LogP contribution in [0.4, 0.5) is 0 Å². The fourth-order valence-electron chi connectivity index (χ4n) is 1.43. The zero-order chi connectivity index (χ0) is 11.3. The van der Waals surface area contributed by atoms with Crippen molar-refractivity contribution in [3.63, 3.8) is 0 Å². The molecule has 1 aromatic rings. The minimum atomic E-state index is 0.498. The third kappa shape index (κ3) is 3.72. The summed E-state index contributed by atoms with van der Waals surface area (Å²) in [5.74, 6) is 0. The molecule has 0 atom stereocenters. The van der Waals surface area contributed by atoms with Crippen molar-refractivity contribution in [3.05, 3.63) is 18.0 Å². The Kier molecular flexibility index (Phi) is 4.32. The predicted octanol–water partition coefficient (Wildman–Crippen LogP) is 0.724. The monoisotopic (exact) mass is 207 g/mol. The van der Waals surface area contributed by atoms with Gasteiger partial charge in [-0.2, -0.15) is 9.94 Å². The molecule has 0 unspecified atom stereocenters. The molecule has 0 bridgehead atoms. The van der Waals surface area contributed by atoms with Crippen LogP contribution in [0.1, 0.15) is 25.8 Å². The summed E-state index contributed by atoms with van der Waals surface area (Å²) in [5, 5.41) is 11.9. The molecule has 0 saturated heterocycles. The van der Waals surface area contributed by atoms with Gasteiger partial charge in [0, 0.05) is 12.6 Å². The zero-order valence-electron chi connectivity index (χ0n) is 9.70. The van der Waals surface area contributed by atoms with Crippen molar-refractivity contribution in [2.75, 3.05) is 0 Å². The molecular formula is C11H19N4+. The molecule has 0 spiro atoms. The van der Waals surface area contributed by atoms with E-state index in [0.29, 0.717) is 12.5 Å². The summed E-state index contributed by atoms with van der Waals surface area (Å²) in [4.78, 5) is 0. The Morgan fingerprint density at radius 1 is 1.60 bits per heavy atom. The zero-order valence-corrected chi connectivity index (χ0v) is 9.70. The van der Waals surface area contributed by atoms with E-state index in [-0.39, 0.29) is 0 Å². The minimum absolute atomic E-state index is 0.498. The first-order chi connectivity index (χ1) is 7.13. The molecule has 0 aliphatic carbocycles. The summed E-state index contributed by atoms with van der Waals surface area (Å²) in [6.45, 7) is 5.90. The largest absolute Gasteiger partial charge is 0.310 e. The van der Waals surface area contributed by atoms with E-state index >= 15 is 0 Å². The lowest BCUT2D eigenvalue weighted by atomic mass is 10.3. The van der Waals surface area contributed by atoms with Crippen LogP contribution in [0.3, 0.4) is 0 Å². The van der Waals surface area contributed by atoms with E-state index in [1.165, 1.54) is 5.56 Å². The Morgan fingerprint density at radius 3 is 2.93 bits per heavy atom. The first-order valence-electron chi connectivity index (χ1n) is 5.28. The molecule has 4 heteroatoms. The molecule has 0 amide bonds. The van der Waals surface area contributed by atoms with Gasteiger partial charge in [0.2, 0.25) is 0 Å². The molecule has 0 aliphatic heterocycles. The van der Waals surface area contributed by atoms with E-state index in [1.807, 2.05) is 11.7 Å². The van der Waals surface area contributed by atoms with Gasteiger partial charge < -0.3 is 5.32 Å². The number of nitrogens with zero attached hydrogens (tertiary/aromatic N) is 3. The fourth-order valence-corrected chi connectivity index (χ4v) is 1.43. The highest BCUT2D eigenvalue weighted by Crippen LogP contribution is 1.97. The highest BCUT2D eigenvalue weighted by molar-refractivity contribution is 5.00. The van der Waals surface area contributed by atoms with Gasteiger partial charge in [-0.1, -0.05) is 13.8 Å². The first kappa shape index (κ1) is 11.7. The van der Waals surface area contributed by atoms with Crippen LogP contribution in [0.5, 0.6) is 0 Å². The lowest BCUT2D eigenvalue weighted by molar-refractivity contribution is -0.753. The van der Waals surface area contributed by atoms with E-state index in [9.17, 15) is 0 Å². The van der Waals surface area contributed by atoms with Crippen LogP contribution in [-0.4, -0.2) is 10.7 Å². The number of hydrogen-bond acceptors (Lipinski definition) is 2. The predicted molar refractivity (Wildman–Crippen MR) is 57.8 cm³/mol. The normalized spacial score (nSPS) is 10.6. The number of aryl methyl sites for hydroxylation is 2. The molecule has 1 rings (SSSR count). The van der Waals surface area contributed by atoms with Crippen molar-refractivity contribution >= 4 is 0 Å². The molecule has 82 valence electrons. The van der Waals surface area contributed by atoms with Crippen LogP contribution >= 0.6 is 0 Å². The Labute approximate surface area is 91.1 Å². The second kappa shape index (κ2) is 5.52. The molecule has 0 fully saturated rings. The van der Waals surface area contributed by atoms with E-state index in [0.717, 1.165) is 13.1 Å². The van der Waals surface area contributed by atoms with Crippen molar-refractivity contribution in [2.24, 2.45) is 7.05 Å². The molecule has 1 N–H and O–H groups in total. The molecule has 0 aromatic carbocycles. The SMILES string of the molecule is CC(C)NCc1cn(CCC#N)[n+](C)c1. The fraction of sp³-hybridized carbons (Fsp3) is 0.636. The molecule has 0 saturated carbocycles. The third-order valence-corrected chi connectivity index (χ3v) is 2.24. The van der Waals surface area contributed by atoms with Crippen LogP contribution in [0.25, 0.3) is 0 Å². The van der Waals surface area contributed by atoms with Crippen molar-refractivity contribution in [3.8, 4) is 6.07 Å². The summed E-state index contributed by atoms with van der Waals surface area (Å²) in [5.41, 5.74) is 1.25. The minimum Gasteiger partial charge on any atom is -0.310 e. The van der Waals surface area contributed by atoms with E-state index in [2.05, 4.69) is 42.3 Å². The van der Waals surface area contributed by atoms with Gasteiger partial charge in [-0.25, -0.2) is 0 Å². The van der Waals surface area contributed by atoms with Crippen LogP contribution in [-0.2, 0) is 20.1 Å². The van der Waals surface area contributed by atoms with Crippen LogP contribution < -0.4 is 10.00 Å². The molecule has 1 heterocycles. The smallest absolute Gasteiger partial charge is 0.199 e. The van der Waals surface area contributed by atoms with Crippen molar-refractivity contribution in [1.82, 2.24) is 10.00 Å². The van der Waals surface area contributed by atoms with Crippen LogP contribution in [0, 0.1) is 11.3 Å². The van der Waals surface area contributed by atoms with Gasteiger partial charge in [0.1, 0.15) is 0 Å².